The Bertz CT molecular complexity index is 596. The quantitative estimate of drug-likeness (QED) is 0.674. The summed E-state index contributed by atoms with van der Waals surface area (Å²) in [5.41, 5.74) is 1.91. The number of likely N-dealkylation sites (tertiary alicyclic amines) is 1. The predicted molar refractivity (Wildman–Crippen MR) is 102 cm³/mol. The zero-order chi connectivity index (χ0) is 17.1. The number of aliphatic imine (C=N–C) groups is 1. The number of guanidine groups is 1. The highest BCUT2D eigenvalue weighted by Gasteiger charge is 2.43. The summed E-state index contributed by atoms with van der Waals surface area (Å²) < 4.78 is 6.13. The van der Waals surface area contributed by atoms with Crippen LogP contribution in [0.1, 0.15) is 50.2 Å². The van der Waals surface area contributed by atoms with E-state index in [2.05, 4.69) is 45.5 Å². The third-order valence-electron chi connectivity index (χ3n) is 6.46. The fourth-order valence-corrected chi connectivity index (χ4v) is 4.82. The van der Waals surface area contributed by atoms with E-state index in [1.165, 1.54) is 44.2 Å². The van der Waals surface area contributed by atoms with Crippen molar-refractivity contribution in [2.75, 3.05) is 33.3 Å². The Morgan fingerprint density at radius 2 is 2.08 bits per heavy atom. The van der Waals surface area contributed by atoms with Crippen LogP contribution in [0.15, 0.2) is 35.3 Å². The molecule has 0 amide bonds. The molecule has 1 N–H and O–H groups in total. The van der Waals surface area contributed by atoms with Gasteiger partial charge < -0.3 is 15.0 Å². The van der Waals surface area contributed by atoms with Gasteiger partial charge >= 0.3 is 0 Å². The Labute approximate surface area is 151 Å². The standard InChI is InChI=1S/C21H31N3O/c1-22-20(24-13-12-21(16-24)10-6-11-21)23-15-18-9-5-14-25-19(18)17-7-3-2-4-8-17/h2-4,7-8,18-19H,5-6,9-16H2,1H3,(H,22,23). The average molecular weight is 341 g/mol. The van der Waals surface area contributed by atoms with Crippen LogP contribution in [-0.2, 0) is 4.74 Å². The minimum absolute atomic E-state index is 0.206. The van der Waals surface area contributed by atoms with Crippen LogP contribution in [0.5, 0.6) is 0 Å². The van der Waals surface area contributed by atoms with Crippen LogP contribution in [0.4, 0.5) is 0 Å². The van der Waals surface area contributed by atoms with Crippen LogP contribution in [0.3, 0.4) is 0 Å². The summed E-state index contributed by atoms with van der Waals surface area (Å²) in [6, 6.07) is 10.7. The van der Waals surface area contributed by atoms with Gasteiger partial charge in [0.05, 0.1) is 6.10 Å². The number of benzene rings is 1. The van der Waals surface area contributed by atoms with Crippen molar-refractivity contribution in [3.63, 3.8) is 0 Å². The molecule has 1 saturated carbocycles. The highest BCUT2D eigenvalue weighted by molar-refractivity contribution is 5.80. The smallest absolute Gasteiger partial charge is 0.193 e. The number of rotatable bonds is 3. The molecule has 1 aromatic carbocycles. The number of nitrogens with zero attached hydrogens (tertiary/aromatic N) is 2. The summed E-state index contributed by atoms with van der Waals surface area (Å²) in [6.07, 6.45) is 8.15. The Balaban J connectivity index is 1.37. The lowest BCUT2D eigenvalue weighted by Crippen LogP contribution is -2.45. The van der Waals surface area contributed by atoms with Gasteiger partial charge in [-0.1, -0.05) is 36.8 Å². The summed E-state index contributed by atoms with van der Waals surface area (Å²) in [6.45, 7) is 4.16. The average Bonchev–Trinajstić information content (AvgIpc) is 3.09. The monoisotopic (exact) mass is 341 g/mol. The minimum Gasteiger partial charge on any atom is -0.373 e. The van der Waals surface area contributed by atoms with E-state index in [1.54, 1.807) is 0 Å². The normalized spacial score (nSPS) is 28.8. The highest BCUT2D eigenvalue weighted by Crippen LogP contribution is 2.47. The van der Waals surface area contributed by atoms with Crippen LogP contribution in [-0.4, -0.2) is 44.1 Å². The van der Waals surface area contributed by atoms with E-state index >= 15 is 0 Å². The van der Waals surface area contributed by atoms with Crippen molar-refractivity contribution in [1.82, 2.24) is 10.2 Å². The zero-order valence-corrected chi connectivity index (χ0v) is 15.4. The molecule has 2 saturated heterocycles. The van der Waals surface area contributed by atoms with Gasteiger partial charge in [-0.2, -0.15) is 0 Å². The number of nitrogens with one attached hydrogen (secondary N) is 1. The maximum absolute atomic E-state index is 6.13. The fraction of sp³-hybridized carbons (Fsp3) is 0.667. The molecule has 1 aliphatic carbocycles. The maximum Gasteiger partial charge on any atom is 0.193 e. The van der Waals surface area contributed by atoms with Gasteiger partial charge in [0.15, 0.2) is 5.96 Å². The summed E-state index contributed by atoms with van der Waals surface area (Å²) in [7, 11) is 1.92. The summed E-state index contributed by atoms with van der Waals surface area (Å²) in [5.74, 6) is 1.59. The van der Waals surface area contributed by atoms with Gasteiger partial charge in [0, 0.05) is 39.2 Å². The lowest BCUT2D eigenvalue weighted by molar-refractivity contribution is -0.0266. The molecule has 2 unspecified atom stereocenters. The second-order valence-corrected chi connectivity index (χ2v) is 8.06. The first kappa shape index (κ1) is 16.9. The van der Waals surface area contributed by atoms with Crippen molar-refractivity contribution in [2.45, 2.75) is 44.6 Å². The molecule has 2 heterocycles. The molecule has 1 aromatic rings. The van der Waals surface area contributed by atoms with Gasteiger partial charge in [-0.3, -0.25) is 4.99 Å². The van der Waals surface area contributed by atoms with E-state index in [0.29, 0.717) is 11.3 Å². The molecule has 0 bridgehead atoms. The molecular formula is C21H31N3O. The summed E-state index contributed by atoms with van der Waals surface area (Å²) in [5, 5.41) is 3.66. The molecule has 25 heavy (non-hydrogen) atoms. The Morgan fingerprint density at radius 3 is 2.76 bits per heavy atom. The second kappa shape index (κ2) is 7.36. The number of hydrogen-bond donors (Lipinski definition) is 1. The number of ether oxygens (including phenoxy) is 1. The largest absolute Gasteiger partial charge is 0.373 e. The molecule has 0 aromatic heterocycles. The van der Waals surface area contributed by atoms with Gasteiger partial charge in [0.1, 0.15) is 0 Å². The lowest BCUT2D eigenvalue weighted by atomic mass is 9.68. The van der Waals surface area contributed by atoms with Gasteiger partial charge in [0.2, 0.25) is 0 Å². The first-order valence-electron chi connectivity index (χ1n) is 9.92. The topological polar surface area (TPSA) is 36.9 Å². The summed E-state index contributed by atoms with van der Waals surface area (Å²) in [4.78, 5) is 7.04. The van der Waals surface area contributed by atoms with Crippen molar-refractivity contribution in [3.05, 3.63) is 35.9 Å². The van der Waals surface area contributed by atoms with Gasteiger partial charge in [-0.25, -0.2) is 0 Å². The van der Waals surface area contributed by atoms with Crippen molar-refractivity contribution in [1.29, 1.82) is 0 Å². The van der Waals surface area contributed by atoms with E-state index in [0.717, 1.165) is 32.1 Å². The van der Waals surface area contributed by atoms with Crippen LogP contribution >= 0.6 is 0 Å². The molecule has 2 aliphatic heterocycles. The van der Waals surface area contributed by atoms with E-state index in [-0.39, 0.29) is 6.10 Å². The van der Waals surface area contributed by atoms with Crippen molar-refractivity contribution >= 4 is 5.96 Å². The molecule has 4 heteroatoms. The Morgan fingerprint density at radius 1 is 1.24 bits per heavy atom. The van der Waals surface area contributed by atoms with Crippen LogP contribution in [0.25, 0.3) is 0 Å². The Kier molecular flexibility index (Phi) is 4.98. The molecule has 0 radical (unpaired) electrons. The third-order valence-corrected chi connectivity index (χ3v) is 6.46. The zero-order valence-electron chi connectivity index (χ0n) is 15.4. The van der Waals surface area contributed by atoms with Crippen molar-refractivity contribution in [2.24, 2.45) is 16.3 Å². The molecule has 2 atom stereocenters. The molecule has 4 nitrogen and oxygen atoms in total. The molecular weight excluding hydrogens is 310 g/mol. The van der Waals surface area contributed by atoms with Crippen LogP contribution in [0.2, 0.25) is 0 Å². The highest BCUT2D eigenvalue weighted by atomic mass is 16.5. The van der Waals surface area contributed by atoms with Gasteiger partial charge in [-0.05, 0) is 43.1 Å². The van der Waals surface area contributed by atoms with Gasteiger partial charge in [-0.15, -0.1) is 0 Å². The second-order valence-electron chi connectivity index (χ2n) is 8.06. The van der Waals surface area contributed by atoms with E-state index in [9.17, 15) is 0 Å². The fourth-order valence-electron chi connectivity index (χ4n) is 4.82. The van der Waals surface area contributed by atoms with Crippen LogP contribution in [0, 0.1) is 11.3 Å². The van der Waals surface area contributed by atoms with Crippen molar-refractivity contribution in [3.8, 4) is 0 Å². The molecule has 3 aliphatic rings. The third kappa shape index (κ3) is 3.55. The van der Waals surface area contributed by atoms with E-state index in [4.69, 9.17) is 4.74 Å². The van der Waals surface area contributed by atoms with Crippen molar-refractivity contribution < 1.29 is 4.74 Å². The first-order chi connectivity index (χ1) is 12.3. The van der Waals surface area contributed by atoms with Gasteiger partial charge in [0.25, 0.3) is 0 Å². The first-order valence-corrected chi connectivity index (χ1v) is 9.92. The molecule has 136 valence electrons. The lowest BCUT2D eigenvalue weighted by Gasteiger charge is -2.38. The summed E-state index contributed by atoms with van der Waals surface area (Å²) >= 11 is 0. The maximum atomic E-state index is 6.13. The predicted octanol–water partition coefficient (Wildman–Crippen LogP) is 3.61. The SMILES string of the molecule is CN=C(NCC1CCCOC1c1ccccc1)N1CCC2(CCC2)C1. The molecule has 4 rings (SSSR count). The molecule has 1 spiro atoms. The van der Waals surface area contributed by atoms with E-state index in [1.807, 2.05) is 7.05 Å². The van der Waals surface area contributed by atoms with Crippen LogP contribution < -0.4 is 5.32 Å². The Hall–Kier alpha value is -1.55. The van der Waals surface area contributed by atoms with E-state index < -0.39 is 0 Å². The number of hydrogen-bond acceptors (Lipinski definition) is 2. The minimum atomic E-state index is 0.206. The molecule has 3 fully saturated rings.